The van der Waals surface area contributed by atoms with Gasteiger partial charge in [-0.25, -0.2) is 0 Å². The fourth-order valence-corrected chi connectivity index (χ4v) is 7.67. The Morgan fingerprint density at radius 1 is 1.06 bits per heavy atom. The van der Waals surface area contributed by atoms with Crippen LogP contribution in [0.5, 0.6) is 5.75 Å². The molecule has 35 heavy (non-hydrogen) atoms. The summed E-state index contributed by atoms with van der Waals surface area (Å²) < 4.78 is 12.9. The Hall–Kier alpha value is -1.89. The number of nitrogens with zero attached hydrogens (tertiary/aromatic N) is 1. The number of aliphatic hydroxyl groups excluding tert-OH is 1. The van der Waals surface area contributed by atoms with Crippen LogP contribution in [0, 0.1) is 12.8 Å². The summed E-state index contributed by atoms with van der Waals surface area (Å²) in [5.74, 6) is 0.240. The molecular weight excluding hydrogens is 454 g/mol. The number of benzene rings is 1. The number of ether oxygens (including phenoxy) is 1. The van der Waals surface area contributed by atoms with Crippen LogP contribution < -0.4 is 4.74 Å². The van der Waals surface area contributed by atoms with E-state index in [2.05, 4.69) is 33.9 Å². The Morgan fingerprint density at radius 2 is 1.60 bits per heavy atom. The van der Waals surface area contributed by atoms with Gasteiger partial charge in [-0.1, -0.05) is 58.6 Å². The van der Waals surface area contributed by atoms with Gasteiger partial charge in [0.25, 0.3) is 5.91 Å². The number of carbonyl (C=O) groups is 1. The first-order chi connectivity index (χ1) is 16.4. The second kappa shape index (κ2) is 14.0. The molecule has 0 saturated carbocycles. The fraction of sp³-hybridized carbons (Fsp3) is 0.621. The normalized spacial score (nSPS) is 14.5. The first-order valence-corrected chi connectivity index (χ1v) is 15.7. The van der Waals surface area contributed by atoms with Gasteiger partial charge in [-0.05, 0) is 63.9 Å². The van der Waals surface area contributed by atoms with E-state index in [1.165, 1.54) is 0 Å². The summed E-state index contributed by atoms with van der Waals surface area (Å²) in [6, 6.07) is 6.63. The maximum Gasteiger partial charge on any atom is 0.258 e. The predicted octanol–water partition coefficient (Wildman–Crippen LogP) is 7.06. The van der Waals surface area contributed by atoms with Crippen molar-refractivity contribution in [2.45, 2.75) is 105 Å². The van der Waals surface area contributed by atoms with Gasteiger partial charge in [0.05, 0.1) is 11.7 Å². The van der Waals surface area contributed by atoms with Crippen LogP contribution in [0.25, 0.3) is 0 Å². The minimum absolute atomic E-state index is 0.0141. The molecule has 198 valence electrons. The molecule has 0 saturated heterocycles. The third kappa shape index (κ3) is 7.31. The molecule has 0 radical (unpaired) electrons. The Labute approximate surface area is 215 Å². The van der Waals surface area contributed by atoms with E-state index < -0.39 is 20.5 Å². The summed E-state index contributed by atoms with van der Waals surface area (Å²) >= 11 is 0. The summed E-state index contributed by atoms with van der Waals surface area (Å²) in [4.78, 5) is 15.9. The van der Waals surface area contributed by atoms with Crippen LogP contribution in [-0.2, 0) is 4.43 Å². The van der Waals surface area contributed by atoms with Crippen molar-refractivity contribution in [3.63, 3.8) is 0 Å². The molecule has 0 fully saturated rings. The van der Waals surface area contributed by atoms with Crippen molar-refractivity contribution >= 4 is 14.2 Å². The van der Waals surface area contributed by atoms with Crippen molar-refractivity contribution < 1.29 is 19.1 Å². The van der Waals surface area contributed by atoms with Crippen LogP contribution in [0.1, 0.15) is 83.0 Å². The van der Waals surface area contributed by atoms with E-state index in [9.17, 15) is 9.90 Å². The molecule has 1 amide bonds. The van der Waals surface area contributed by atoms with Gasteiger partial charge in [-0.2, -0.15) is 0 Å². The second-order valence-corrected chi connectivity index (χ2v) is 14.8. The van der Waals surface area contributed by atoms with Crippen molar-refractivity contribution in [3.8, 4) is 5.75 Å². The molecule has 5 nitrogen and oxygen atoms in total. The third-order valence-corrected chi connectivity index (χ3v) is 11.8. The largest absolute Gasteiger partial charge is 0.488 e. The highest BCUT2D eigenvalue weighted by Crippen LogP contribution is 2.38. The van der Waals surface area contributed by atoms with E-state index in [1.54, 1.807) is 6.08 Å². The average Bonchev–Trinajstić information content (AvgIpc) is 2.83. The summed E-state index contributed by atoms with van der Waals surface area (Å²) in [6.45, 7) is 26.5. The molecule has 1 N–H and O–H groups in total. The minimum atomic E-state index is -2.05. The van der Waals surface area contributed by atoms with Gasteiger partial charge in [0.15, 0.2) is 8.32 Å². The molecule has 3 atom stereocenters. The smallest absolute Gasteiger partial charge is 0.258 e. The lowest BCUT2D eigenvalue weighted by molar-refractivity contribution is 0.00626. The lowest BCUT2D eigenvalue weighted by Crippen LogP contribution is -2.45. The molecule has 0 aliphatic heterocycles. The highest BCUT2D eigenvalue weighted by molar-refractivity contribution is 6.73. The SMILES string of the molecule is C=CCOc1c(C)ccc([C@H](O)[C@H](O[Si](CC)(CC)CC)[C@H](C)C=C)c1C(=O)N(C(C)C)C(C)C. The van der Waals surface area contributed by atoms with Crippen LogP contribution in [0.4, 0.5) is 0 Å². The second-order valence-electron chi connectivity index (χ2n) is 10.0. The van der Waals surface area contributed by atoms with Crippen molar-refractivity contribution in [2.75, 3.05) is 6.61 Å². The van der Waals surface area contributed by atoms with Gasteiger partial charge < -0.3 is 19.2 Å². The van der Waals surface area contributed by atoms with Crippen LogP contribution in [0.2, 0.25) is 18.1 Å². The van der Waals surface area contributed by atoms with E-state index >= 15 is 0 Å². The number of aryl methyl sites for hydroxylation is 1. The van der Waals surface area contributed by atoms with Crippen LogP contribution in [-0.4, -0.2) is 49.0 Å². The monoisotopic (exact) mass is 503 g/mol. The number of carbonyl (C=O) groups excluding carboxylic acids is 1. The van der Waals surface area contributed by atoms with E-state index in [1.807, 2.05) is 64.7 Å². The van der Waals surface area contributed by atoms with Crippen molar-refractivity contribution in [2.24, 2.45) is 5.92 Å². The number of aliphatic hydroxyl groups is 1. The van der Waals surface area contributed by atoms with Gasteiger partial charge in [0, 0.05) is 18.0 Å². The molecule has 0 aromatic heterocycles. The zero-order valence-corrected chi connectivity index (χ0v) is 24.6. The summed E-state index contributed by atoms with van der Waals surface area (Å²) in [6.07, 6.45) is 1.97. The van der Waals surface area contributed by atoms with Crippen molar-refractivity contribution in [1.82, 2.24) is 4.90 Å². The van der Waals surface area contributed by atoms with Gasteiger partial charge >= 0.3 is 0 Å². The number of amides is 1. The average molecular weight is 504 g/mol. The molecule has 0 spiro atoms. The number of rotatable bonds is 15. The van der Waals surface area contributed by atoms with Crippen LogP contribution >= 0.6 is 0 Å². The highest BCUT2D eigenvalue weighted by Gasteiger charge is 2.39. The molecule has 1 rings (SSSR count). The Kier molecular flexibility index (Phi) is 12.5. The fourth-order valence-electron chi connectivity index (χ4n) is 4.75. The zero-order valence-electron chi connectivity index (χ0n) is 23.6. The molecular formula is C29H49NO4Si. The lowest BCUT2D eigenvalue weighted by atomic mass is 9.89. The van der Waals surface area contributed by atoms with Gasteiger partial charge in [-0.15, -0.1) is 6.58 Å². The predicted molar refractivity (Wildman–Crippen MR) is 150 cm³/mol. The Balaban J connectivity index is 3.82. The Morgan fingerprint density at radius 3 is 2.03 bits per heavy atom. The maximum atomic E-state index is 14.1. The van der Waals surface area contributed by atoms with E-state index in [-0.39, 0.29) is 30.5 Å². The van der Waals surface area contributed by atoms with E-state index in [0.717, 1.165) is 23.7 Å². The molecule has 0 bridgehead atoms. The number of hydrogen-bond acceptors (Lipinski definition) is 4. The third-order valence-electron chi connectivity index (χ3n) is 7.13. The van der Waals surface area contributed by atoms with E-state index in [0.29, 0.717) is 16.9 Å². The zero-order chi connectivity index (χ0) is 26.9. The summed E-state index contributed by atoms with van der Waals surface area (Å²) in [5, 5.41) is 11.9. The molecule has 0 heterocycles. The molecule has 1 aromatic carbocycles. The van der Waals surface area contributed by atoms with Gasteiger partial charge in [-0.3, -0.25) is 4.79 Å². The maximum absolute atomic E-state index is 14.1. The number of hydrogen-bond donors (Lipinski definition) is 1. The highest BCUT2D eigenvalue weighted by atomic mass is 28.4. The van der Waals surface area contributed by atoms with Crippen molar-refractivity contribution in [1.29, 1.82) is 0 Å². The summed E-state index contributed by atoms with van der Waals surface area (Å²) in [7, 11) is -2.05. The minimum Gasteiger partial charge on any atom is -0.488 e. The molecule has 6 heteroatoms. The van der Waals surface area contributed by atoms with Gasteiger partial charge in [0.2, 0.25) is 0 Å². The first-order valence-electron chi connectivity index (χ1n) is 13.1. The molecule has 0 aliphatic rings. The lowest BCUT2D eigenvalue weighted by Gasteiger charge is -2.39. The summed E-state index contributed by atoms with van der Waals surface area (Å²) in [5.41, 5.74) is 1.78. The first kappa shape index (κ1) is 31.1. The molecule has 0 aliphatic carbocycles. The molecule has 0 unspecified atom stereocenters. The van der Waals surface area contributed by atoms with E-state index in [4.69, 9.17) is 9.16 Å². The van der Waals surface area contributed by atoms with Crippen molar-refractivity contribution in [3.05, 3.63) is 54.1 Å². The van der Waals surface area contributed by atoms with Crippen LogP contribution in [0.15, 0.2) is 37.4 Å². The van der Waals surface area contributed by atoms with Gasteiger partial charge in [0.1, 0.15) is 18.5 Å². The topological polar surface area (TPSA) is 59.0 Å². The molecule has 1 aromatic rings. The quantitative estimate of drug-likeness (QED) is 0.205. The Bertz CT molecular complexity index is 831. The van der Waals surface area contributed by atoms with Crippen LogP contribution in [0.3, 0.4) is 0 Å². The standard InChI is InChI=1S/C29H49NO4Si/c1-12-19-33-27-23(11)17-18-24(25(27)29(32)30(20(6)7)21(8)9)26(31)28(22(10)13-2)34-35(14-3,15-4)16-5/h12-13,17-18,20-22,26,28,31H,1-2,14-16,19H2,3-11H3/t22-,26+,28-/m1/s1.